The molecule has 1 aliphatic carbocycles. The third-order valence-corrected chi connectivity index (χ3v) is 4.51. The van der Waals surface area contributed by atoms with Gasteiger partial charge in [-0.15, -0.1) is 0 Å². The summed E-state index contributed by atoms with van der Waals surface area (Å²) in [6.07, 6.45) is 5.83. The highest BCUT2D eigenvalue weighted by molar-refractivity contribution is 4.96. The van der Waals surface area contributed by atoms with Gasteiger partial charge in [0.05, 0.1) is 0 Å². The van der Waals surface area contributed by atoms with Gasteiger partial charge in [-0.05, 0) is 51.0 Å². The molecule has 2 heteroatoms. The minimum Gasteiger partial charge on any atom is -0.312 e. The molecule has 0 amide bonds. The summed E-state index contributed by atoms with van der Waals surface area (Å²) in [6, 6.07) is 1.69. The fraction of sp³-hybridized carbons (Fsp3) is 1.00. The molecule has 1 saturated carbocycles. The van der Waals surface area contributed by atoms with Gasteiger partial charge in [-0.25, -0.2) is 0 Å². The second-order valence-corrected chi connectivity index (χ2v) is 5.49. The number of rotatable bonds is 2. The molecule has 3 rings (SSSR count). The van der Waals surface area contributed by atoms with Gasteiger partial charge in [-0.1, -0.05) is 0 Å². The Morgan fingerprint density at radius 2 is 2.07 bits per heavy atom. The van der Waals surface area contributed by atoms with E-state index in [4.69, 9.17) is 0 Å². The Morgan fingerprint density at radius 1 is 1.21 bits per heavy atom. The molecule has 0 aromatic rings. The number of fused-ring (bicyclic) bond motifs is 1. The van der Waals surface area contributed by atoms with Crippen LogP contribution in [0.2, 0.25) is 0 Å². The van der Waals surface area contributed by atoms with Crippen molar-refractivity contribution >= 4 is 0 Å². The molecule has 3 aliphatic rings. The van der Waals surface area contributed by atoms with Crippen LogP contribution in [0.1, 0.15) is 32.6 Å². The molecule has 0 bridgehead atoms. The highest BCUT2D eigenvalue weighted by Gasteiger charge is 2.40. The molecule has 2 nitrogen and oxygen atoms in total. The van der Waals surface area contributed by atoms with Gasteiger partial charge in [0.15, 0.2) is 0 Å². The third kappa shape index (κ3) is 1.59. The number of hydrogen-bond donors (Lipinski definition) is 1. The summed E-state index contributed by atoms with van der Waals surface area (Å²) in [5.74, 6) is 2.00. The van der Waals surface area contributed by atoms with Gasteiger partial charge in [-0.2, -0.15) is 0 Å². The normalized spacial score (nSPS) is 40.9. The minimum atomic E-state index is 0.824. The molecule has 2 saturated heterocycles. The lowest BCUT2D eigenvalue weighted by Gasteiger charge is -2.25. The van der Waals surface area contributed by atoms with Gasteiger partial charge < -0.3 is 5.32 Å². The first-order valence-electron chi connectivity index (χ1n) is 6.32. The van der Waals surface area contributed by atoms with E-state index in [0.29, 0.717) is 0 Å². The predicted octanol–water partition coefficient (Wildman–Crippen LogP) is 1.47. The summed E-state index contributed by atoms with van der Waals surface area (Å²) in [5, 5.41) is 3.68. The maximum absolute atomic E-state index is 3.68. The van der Waals surface area contributed by atoms with E-state index in [1.165, 1.54) is 45.3 Å². The molecule has 1 unspecified atom stereocenters. The van der Waals surface area contributed by atoms with E-state index < -0.39 is 0 Å². The standard InChI is InChI=1S/C12H22N2/c1-9(10-4-5-10)14-7-11-3-2-6-13-12(11)8-14/h9-13H,2-8H2,1H3/t9?,11-,12+/m0/s1. The minimum absolute atomic E-state index is 0.824. The Hall–Kier alpha value is -0.0800. The van der Waals surface area contributed by atoms with Crippen molar-refractivity contribution in [1.29, 1.82) is 0 Å². The molecule has 0 aromatic heterocycles. The summed E-state index contributed by atoms with van der Waals surface area (Å²) in [7, 11) is 0. The maximum atomic E-state index is 3.68. The summed E-state index contributed by atoms with van der Waals surface area (Å²) in [5.41, 5.74) is 0. The summed E-state index contributed by atoms with van der Waals surface area (Å²) in [4.78, 5) is 2.74. The van der Waals surface area contributed by atoms with Crippen LogP contribution in [0.15, 0.2) is 0 Å². The zero-order valence-corrected chi connectivity index (χ0v) is 9.21. The SMILES string of the molecule is CC(C1CC1)N1C[C@@H]2CCCN[C@@H]2C1. The molecule has 2 aliphatic heterocycles. The Morgan fingerprint density at radius 3 is 2.79 bits per heavy atom. The van der Waals surface area contributed by atoms with E-state index in [1.54, 1.807) is 0 Å². The zero-order valence-electron chi connectivity index (χ0n) is 9.21. The van der Waals surface area contributed by atoms with Gasteiger partial charge in [0.1, 0.15) is 0 Å². The molecule has 14 heavy (non-hydrogen) atoms. The highest BCUT2D eigenvalue weighted by Crippen LogP contribution is 2.37. The Balaban J connectivity index is 1.61. The van der Waals surface area contributed by atoms with E-state index in [9.17, 15) is 0 Å². The maximum Gasteiger partial charge on any atom is 0.0235 e. The largest absolute Gasteiger partial charge is 0.312 e. The smallest absolute Gasteiger partial charge is 0.0235 e. The van der Waals surface area contributed by atoms with E-state index in [0.717, 1.165) is 23.9 Å². The molecular weight excluding hydrogens is 172 g/mol. The number of nitrogens with zero attached hydrogens (tertiary/aromatic N) is 1. The first-order valence-corrected chi connectivity index (χ1v) is 6.32. The van der Waals surface area contributed by atoms with Gasteiger partial charge in [0, 0.05) is 25.2 Å². The van der Waals surface area contributed by atoms with Crippen LogP contribution in [0, 0.1) is 11.8 Å². The van der Waals surface area contributed by atoms with Crippen LogP contribution in [0.5, 0.6) is 0 Å². The fourth-order valence-electron chi connectivity index (χ4n) is 3.29. The van der Waals surface area contributed by atoms with Crippen LogP contribution in [-0.2, 0) is 0 Å². The first kappa shape index (κ1) is 9.17. The average molecular weight is 194 g/mol. The molecule has 3 fully saturated rings. The second kappa shape index (κ2) is 3.49. The number of hydrogen-bond acceptors (Lipinski definition) is 2. The second-order valence-electron chi connectivity index (χ2n) is 5.49. The van der Waals surface area contributed by atoms with Gasteiger partial charge in [0.25, 0.3) is 0 Å². The topological polar surface area (TPSA) is 15.3 Å². The monoisotopic (exact) mass is 194 g/mol. The number of nitrogens with one attached hydrogen (secondary N) is 1. The lowest BCUT2D eigenvalue weighted by molar-refractivity contribution is 0.225. The zero-order chi connectivity index (χ0) is 9.54. The molecular formula is C12H22N2. The predicted molar refractivity (Wildman–Crippen MR) is 58.3 cm³/mol. The molecule has 0 spiro atoms. The van der Waals surface area contributed by atoms with Gasteiger partial charge >= 0.3 is 0 Å². The van der Waals surface area contributed by atoms with Crippen LogP contribution in [0.4, 0.5) is 0 Å². The number of piperidine rings is 1. The van der Waals surface area contributed by atoms with Crippen molar-refractivity contribution in [1.82, 2.24) is 10.2 Å². The molecule has 0 radical (unpaired) electrons. The molecule has 2 heterocycles. The van der Waals surface area contributed by atoms with Crippen LogP contribution in [0.25, 0.3) is 0 Å². The molecule has 3 atom stereocenters. The first-order chi connectivity index (χ1) is 6.84. The van der Waals surface area contributed by atoms with Crippen molar-refractivity contribution in [3.05, 3.63) is 0 Å². The highest BCUT2D eigenvalue weighted by atomic mass is 15.2. The Bertz CT molecular complexity index is 198. The van der Waals surface area contributed by atoms with Crippen molar-refractivity contribution in [2.75, 3.05) is 19.6 Å². The average Bonchev–Trinajstić information content (AvgIpc) is 2.95. The van der Waals surface area contributed by atoms with Crippen LogP contribution < -0.4 is 5.32 Å². The van der Waals surface area contributed by atoms with Crippen molar-refractivity contribution < 1.29 is 0 Å². The van der Waals surface area contributed by atoms with Crippen molar-refractivity contribution in [2.45, 2.75) is 44.7 Å². The van der Waals surface area contributed by atoms with E-state index in [1.807, 2.05) is 0 Å². The van der Waals surface area contributed by atoms with E-state index in [2.05, 4.69) is 17.1 Å². The van der Waals surface area contributed by atoms with Crippen LogP contribution in [0.3, 0.4) is 0 Å². The molecule has 80 valence electrons. The lowest BCUT2D eigenvalue weighted by atomic mass is 9.94. The van der Waals surface area contributed by atoms with Crippen LogP contribution >= 0.6 is 0 Å². The Labute approximate surface area is 87.0 Å². The summed E-state index contributed by atoms with van der Waals surface area (Å²) >= 11 is 0. The van der Waals surface area contributed by atoms with Gasteiger partial charge in [-0.3, -0.25) is 4.90 Å². The fourth-order valence-corrected chi connectivity index (χ4v) is 3.29. The Kier molecular flexibility index (Phi) is 2.29. The van der Waals surface area contributed by atoms with Gasteiger partial charge in [0.2, 0.25) is 0 Å². The summed E-state index contributed by atoms with van der Waals surface area (Å²) < 4.78 is 0. The third-order valence-electron chi connectivity index (χ3n) is 4.51. The lowest BCUT2D eigenvalue weighted by Crippen LogP contribution is -2.41. The van der Waals surface area contributed by atoms with Crippen molar-refractivity contribution in [3.8, 4) is 0 Å². The number of likely N-dealkylation sites (tertiary alicyclic amines) is 1. The van der Waals surface area contributed by atoms with Crippen LogP contribution in [-0.4, -0.2) is 36.6 Å². The van der Waals surface area contributed by atoms with Crippen molar-refractivity contribution in [3.63, 3.8) is 0 Å². The molecule has 1 N–H and O–H groups in total. The van der Waals surface area contributed by atoms with E-state index in [-0.39, 0.29) is 0 Å². The quantitative estimate of drug-likeness (QED) is 0.716. The van der Waals surface area contributed by atoms with Crippen molar-refractivity contribution in [2.24, 2.45) is 11.8 Å². The summed E-state index contributed by atoms with van der Waals surface area (Å²) in [6.45, 7) is 6.39. The molecule has 0 aromatic carbocycles. The van der Waals surface area contributed by atoms with E-state index >= 15 is 0 Å².